The first-order valence-electron chi connectivity index (χ1n) is 4.32. The first-order valence-corrected chi connectivity index (χ1v) is 4.32. The van der Waals surface area contributed by atoms with E-state index in [1.54, 1.807) is 4.68 Å². The molecule has 0 N–H and O–H groups in total. The van der Waals surface area contributed by atoms with Crippen LogP contribution in [-0.2, 0) is 18.3 Å². The standard InChI is InChI=1S/C9H15N3O/c1-9(2,4-5-13)6-8-7-12(3)11-10-8/h5,7H,4,6H2,1-3H3. The summed E-state index contributed by atoms with van der Waals surface area (Å²) in [6.07, 6.45) is 4.19. The van der Waals surface area contributed by atoms with Crippen molar-refractivity contribution in [1.29, 1.82) is 0 Å². The summed E-state index contributed by atoms with van der Waals surface area (Å²) in [5, 5.41) is 7.82. The molecule has 0 amide bonds. The normalized spacial score (nSPS) is 11.6. The van der Waals surface area contributed by atoms with E-state index >= 15 is 0 Å². The average Bonchev–Trinajstić information content (AvgIpc) is 2.34. The summed E-state index contributed by atoms with van der Waals surface area (Å²) in [4.78, 5) is 10.4. The molecule has 0 aliphatic rings. The van der Waals surface area contributed by atoms with Gasteiger partial charge in [0.15, 0.2) is 0 Å². The monoisotopic (exact) mass is 181 g/mol. The molecule has 4 heteroatoms. The molecule has 1 heterocycles. The summed E-state index contributed by atoms with van der Waals surface area (Å²) < 4.78 is 1.67. The van der Waals surface area contributed by atoms with Gasteiger partial charge in [0.2, 0.25) is 0 Å². The van der Waals surface area contributed by atoms with E-state index in [-0.39, 0.29) is 5.41 Å². The molecule has 0 radical (unpaired) electrons. The summed E-state index contributed by atoms with van der Waals surface area (Å²) in [7, 11) is 1.84. The largest absolute Gasteiger partial charge is 0.303 e. The Morgan fingerprint density at radius 2 is 2.31 bits per heavy atom. The van der Waals surface area contributed by atoms with E-state index in [0.29, 0.717) is 6.42 Å². The molecule has 4 nitrogen and oxygen atoms in total. The number of carbonyl (C=O) groups is 1. The van der Waals surface area contributed by atoms with Crippen molar-refractivity contribution >= 4 is 6.29 Å². The quantitative estimate of drug-likeness (QED) is 0.650. The van der Waals surface area contributed by atoms with Crippen LogP contribution in [0.4, 0.5) is 0 Å². The number of carbonyl (C=O) groups excluding carboxylic acids is 1. The Labute approximate surface area is 77.9 Å². The molecule has 0 saturated carbocycles. The van der Waals surface area contributed by atoms with Crippen molar-refractivity contribution in [3.05, 3.63) is 11.9 Å². The number of hydrogen-bond donors (Lipinski definition) is 0. The molecule has 0 aliphatic heterocycles. The van der Waals surface area contributed by atoms with Crippen molar-refractivity contribution < 1.29 is 4.79 Å². The lowest BCUT2D eigenvalue weighted by molar-refractivity contribution is -0.109. The second kappa shape index (κ2) is 3.68. The molecule has 0 unspecified atom stereocenters. The van der Waals surface area contributed by atoms with Crippen LogP contribution in [0.5, 0.6) is 0 Å². The average molecular weight is 181 g/mol. The molecule has 1 aromatic rings. The van der Waals surface area contributed by atoms with Crippen molar-refractivity contribution in [1.82, 2.24) is 15.0 Å². The Hall–Kier alpha value is -1.19. The second-order valence-corrected chi connectivity index (χ2v) is 4.10. The Morgan fingerprint density at radius 1 is 1.62 bits per heavy atom. The minimum atomic E-state index is -0.0161. The van der Waals surface area contributed by atoms with Crippen LogP contribution < -0.4 is 0 Å². The molecular weight excluding hydrogens is 166 g/mol. The minimum Gasteiger partial charge on any atom is -0.303 e. The van der Waals surface area contributed by atoms with E-state index in [1.807, 2.05) is 13.2 Å². The maximum atomic E-state index is 10.4. The third-order valence-electron chi connectivity index (χ3n) is 1.95. The van der Waals surface area contributed by atoms with Gasteiger partial charge in [-0.2, -0.15) is 0 Å². The van der Waals surface area contributed by atoms with Gasteiger partial charge in [-0.3, -0.25) is 4.68 Å². The topological polar surface area (TPSA) is 47.8 Å². The van der Waals surface area contributed by atoms with Crippen LogP contribution in [0.1, 0.15) is 26.0 Å². The number of nitrogens with zero attached hydrogens (tertiary/aromatic N) is 3. The summed E-state index contributed by atoms with van der Waals surface area (Å²) in [6.45, 7) is 4.10. The van der Waals surface area contributed by atoms with Crippen molar-refractivity contribution in [3.8, 4) is 0 Å². The van der Waals surface area contributed by atoms with E-state index in [1.165, 1.54) is 0 Å². The van der Waals surface area contributed by atoms with E-state index < -0.39 is 0 Å². The molecule has 72 valence electrons. The highest BCUT2D eigenvalue weighted by Crippen LogP contribution is 2.23. The molecule has 13 heavy (non-hydrogen) atoms. The smallest absolute Gasteiger partial charge is 0.120 e. The molecule has 0 bridgehead atoms. The zero-order valence-electron chi connectivity index (χ0n) is 8.32. The minimum absolute atomic E-state index is 0.0161. The van der Waals surface area contributed by atoms with Crippen molar-refractivity contribution in [2.75, 3.05) is 0 Å². The van der Waals surface area contributed by atoms with Gasteiger partial charge in [0, 0.05) is 19.7 Å². The SMILES string of the molecule is Cn1cc(CC(C)(C)CC=O)nn1. The van der Waals surface area contributed by atoms with Crippen molar-refractivity contribution in [3.63, 3.8) is 0 Å². The third kappa shape index (κ3) is 2.97. The summed E-state index contributed by atoms with van der Waals surface area (Å²) in [6, 6.07) is 0. The van der Waals surface area contributed by atoms with Gasteiger partial charge < -0.3 is 4.79 Å². The van der Waals surface area contributed by atoms with Gasteiger partial charge in [-0.25, -0.2) is 0 Å². The molecule has 1 rings (SSSR count). The van der Waals surface area contributed by atoms with Gasteiger partial charge in [-0.15, -0.1) is 5.10 Å². The molecule has 0 saturated heterocycles. The van der Waals surface area contributed by atoms with Crippen LogP contribution in [0.25, 0.3) is 0 Å². The Bertz CT molecular complexity index is 291. The van der Waals surface area contributed by atoms with E-state index in [0.717, 1.165) is 18.4 Å². The highest BCUT2D eigenvalue weighted by atomic mass is 16.1. The van der Waals surface area contributed by atoms with Crippen LogP contribution in [0.3, 0.4) is 0 Å². The number of hydrogen-bond acceptors (Lipinski definition) is 3. The first kappa shape index (κ1) is 9.89. The highest BCUT2D eigenvalue weighted by Gasteiger charge is 2.19. The lowest BCUT2D eigenvalue weighted by atomic mass is 9.85. The van der Waals surface area contributed by atoms with Crippen LogP contribution in [0, 0.1) is 5.41 Å². The van der Waals surface area contributed by atoms with Gasteiger partial charge in [0.1, 0.15) is 6.29 Å². The highest BCUT2D eigenvalue weighted by molar-refractivity contribution is 5.50. The third-order valence-corrected chi connectivity index (χ3v) is 1.95. The van der Waals surface area contributed by atoms with Gasteiger partial charge in [-0.05, 0) is 11.8 Å². The van der Waals surface area contributed by atoms with Crippen LogP contribution in [0.15, 0.2) is 6.20 Å². The lowest BCUT2D eigenvalue weighted by Crippen LogP contribution is -2.15. The van der Waals surface area contributed by atoms with Gasteiger partial charge in [0.05, 0.1) is 5.69 Å². The predicted molar refractivity (Wildman–Crippen MR) is 49.2 cm³/mol. The maximum absolute atomic E-state index is 10.4. The molecule has 0 aliphatic carbocycles. The van der Waals surface area contributed by atoms with Crippen LogP contribution in [-0.4, -0.2) is 21.3 Å². The van der Waals surface area contributed by atoms with Crippen molar-refractivity contribution in [2.24, 2.45) is 12.5 Å². The predicted octanol–water partition coefficient (Wildman–Crippen LogP) is 0.973. The molecule has 1 aromatic heterocycles. The lowest BCUT2D eigenvalue weighted by Gasteiger charge is -2.19. The molecule has 0 atom stereocenters. The molecule has 0 spiro atoms. The first-order chi connectivity index (χ1) is 6.03. The molecular formula is C9H15N3O. The maximum Gasteiger partial charge on any atom is 0.120 e. The summed E-state index contributed by atoms with van der Waals surface area (Å²) >= 11 is 0. The Balaban J connectivity index is 2.62. The van der Waals surface area contributed by atoms with E-state index in [4.69, 9.17) is 0 Å². The number of aldehydes is 1. The fourth-order valence-electron chi connectivity index (χ4n) is 1.26. The van der Waals surface area contributed by atoms with Gasteiger partial charge in [0.25, 0.3) is 0 Å². The van der Waals surface area contributed by atoms with E-state index in [2.05, 4.69) is 24.2 Å². The Morgan fingerprint density at radius 3 is 2.77 bits per heavy atom. The van der Waals surface area contributed by atoms with E-state index in [9.17, 15) is 4.79 Å². The van der Waals surface area contributed by atoms with Crippen LogP contribution in [0.2, 0.25) is 0 Å². The van der Waals surface area contributed by atoms with Crippen molar-refractivity contribution in [2.45, 2.75) is 26.7 Å². The van der Waals surface area contributed by atoms with Gasteiger partial charge in [-0.1, -0.05) is 19.1 Å². The zero-order chi connectivity index (χ0) is 9.90. The van der Waals surface area contributed by atoms with Gasteiger partial charge >= 0.3 is 0 Å². The Kier molecular flexibility index (Phi) is 2.80. The molecule has 0 aromatic carbocycles. The number of aromatic nitrogens is 3. The molecule has 0 fully saturated rings. The zero-order valence-corrected chi connectivity index (χ0v) is 8.32. The van der Waals surface area contributed by atoms with Crippen LogP contribution >= 0.6 is 0 Å². The summed E-state index contributed by atoms with van der Waals surface area (Å²) in [5.74, 6) is 0. The fraction of sp³-hybridized carbons (Fsp3) is 0.667. The fourth-order valence-corrected chi connectivity index (χ4v) is 1.26. The number of rotatable bonds is 4. The number of aryl methyl sites for hydroxylation is 1. The summed E-state index contributed by atoms with van der Waals surface area (Å²) in [5.41, 5.74) is 0.923. The second-order valence-electron chi connectivity index (χ2n) is 4.10.